The van der Waals surface area contributed by atoms with Gasteiger partial charge in [0.2, 0.25) is 0 Å². The van der Waals surface area contributed by atoms with E-state index in [0.29, 0.717) is 12.2 Å². The minimum atomic E-state index is 0.358. The molecule has 2 aliphatic rings. The second-order valence-electron chi connectivity index (χ2n) is 4.12. The normalized spacial score (nSPS) is 46.5. The Balaban J connectivity index is 1.95. The molecule has 2 rings (SSSR count). The topological polar surface area (TPSA) is 18.5 Å². The van der Waals surface area contributed by atoms with Gasteiger partial charge in [0.1, 0.15) is 0 Å². The van der Waals surface area contributed by atoms with E-state index in [-0.39, 0.29) is 0 Å². The van der Waals surface area contributed by atoms with Crippen molar-refractivity contribution in [3.63, 3.8) is 0 Å². The third-order valence-electron chi connectivity index (χ3n) is 3.67. The Morgan fingerprint density at radius 2 is 1.25 bits per heavy atom. The predicted octanol–water partition coefficient (Wildman–Crippen LogP) is 1.84. The van der Waals surface area contributed by atoms with Gasteiger partial charge in [-0.15, -0.1) is 0 Å². The monoisotopic (exact) mass is 170 g/mol. The smallest absolute Gasteiger partial charge is 0.0835 e. The summed E-state index contributed by atoms with van der Waals surface area (Å²) < 4.78 is 10.8. The van der Waals surface area contributed by atoms with Crippen LogP contribution in [0.5, 0.6) is 0 Å². The average Bonchev–Trinajstić information content (AvgIpc) is 2.07. The molecule has 3 unspecified atom stereocenters. The average molecular weight is 170 g/mol. The van der Waals surface area contributed by atoms with Crippen LogP contribution in [0.15, 0.2) is 0 Å². The molecule has 0 heterocycles. The van der Waals surface area contributed by atoms with E-state index in [1.807, 2.05) is 0 Å². The lowest BCUT2D eigenvalue weighted by Gasteiger charge is -2.46. The zero-order valence-corrected chi connectivity index (χ0v) is 7.95. The lowest BCUT2D eigenvalue weighted by atomic mass is 9.64. The van der Waals surface area contributed by atoms with Gasteiger partial charge >= 0.3 is 0 Å². The molecule has 0 N–H and O–H groups in total. The minimum Gasteiger partial charge on any atom is -0.379 e. The molecular formula is C10H18O2. The molecule has 0 aromatic carbocycles. The fraction of sp³-hybridized carbons (Fsp3) is 1.00. The Kier molecular flexibility index (Phi) is 2.37. The first kappa shape index (κ1) is 8.52. The summed E-state index contributed by atoms with van der Waals surface area (Å²) in [6.45, 7) is 0. The van der Waals surface area contributed by atoms with E-state index in [1.165, 1.54) is 25.7 Å². The largest absolute Gasteiger partial charge is 0.379 e. The minimum absolute atomic E-state index is 0.358. The molecule has 0 spiro atoms. The van der Waals surface area contributed by atoms with Crippen LogP contribution in [0.2, 0.25) is 0 Å². The van der Waals surface area contributed by atoms with Gasteiger partial charge in [-0.25, -0.2) is 0 Å². The number of ether oxygens (including phenoxy) is 2. The van der Waals surface area contributed by atoms with Gasteiger partial charge in [-0.05, 0) is 37.5 Å². The highest BCUT2D eigenvalue weighted by Gasteiger charge is 2.41. The highest BCUT2D eigenvalue weighted by Crippen LogP contribution is 2.46. The molecule has 2 heteroatoms. The van der Waals surface area contributed by atoms with Crippen molar-refractivity contribution in [2.45, 2.75) is 37.9 Å². The van der Waals surface area contributed by atoms with E-state index >= 15 is 0 Å². The maximum absolute atomic E-state index is 5.42. The van der Waals surface area contributed by atoms with Crippen molar-refractivity contribution >= 4 is 0 Å². The molecule has 2 saturated carbocycles. The van der Waals surface area contributed by atoms with E-state index < -0.39 is 0 Å². The Labute approximate surface area is 74.2 Å². The number of fused-ring (bicyclic) bond motifs is 1. The van der Waals surface area contributed by atoms with Crippen LogP contribution in [0.4, 0.5) is 0 Å². The van der Waals surface area contributed by atoms with Gasteiger partial charge < -0.3 is 9.47 Å². The highest BCUT2D eigenvalue weighted by atomic mass is 16.5. The van der Waals surface area contributed by atoms with Crippen molar-refractivity contribution in [3.8, 4) is 0 Å². The molecule has 2 nitrogen and oxygen atoms in total. The van der Waals surface area contributed by atoms with Gasteiger partial charge in [0, 0.05) is 14.2 Å². The maximum atomic E-state index is 5.42. The van der Waals surface area contributed by atoms with Gasteiger partial charge in [-0.1, -0.05) is 0 Å². The van der Waals surface area contributed by atoms with Crippen molar-refractivity contribution in [1.82, 2.24) is 0 Å². The van der Waals surface area contributed by atoms with Gasteiger partial charge in [-0.2, -0.15) is 0 Å². The molecule has 0 bridgehead atoms. The maximum Gasteiger partial charge on any atom is 0.0835 e. The number of rotatable bonds is 2. The Morgan fingerprint density at radius 1 is 0.833 bits per heavy atom. The van der Waals surface area contributed by atoms with Crippen LogP contribution in [0.25, 0.3) is 0 Å². The summed E-state index contributed by atoms with van der Waals surface area (Å²) in [5, 5.41) is 0. The first-order valence-electron chi connectivity index (χ1n) is 4.90. The summed E-state index contributed by atoms with van der Waals surface area (Å²) in [5.41, 5.74) is 0. The van der Waals surface area contributed by atoms with Crippen LogP contribution in [0.1, 0.15) is 25.7 Å². The van der Waals surface area contributed by atoms with Crippen LogP contribution in [0, 0.1) is 11.8 Å². The molecule has 70 valence electrons. The summed E-state index contributed by atoms with van der Waals surface area (Å²) in [4.78, 5) is 0. The van der Waals surface area contributed by atoms with E-state index in [2.05, 4.69) is 0 Å². The summed E-state index contributed by atoms with van der Waals surface area (Å²) in [5.74, 6) is 1.89. The van der Waals surface area contributed by atoms with Crippen molar-refractivity contribution in [2.75, 3.05) is 14.2 Å². The standard InChI is InChI=1S/C10H18O2/c1-11-9-5-7-3-4-8(7)6-10(9)12-2/h7-10H,3-6H2,1-2H3/t7?,8?,9-,10?/m0/s1. The summed E-state index contributed by atoms with van der Waals surface area (Å²) in [7, 11) is 3.60. The van der Waals surface area contributed by atoms with E-state index in [1.54, 1.807) is 14.2 Å². The third kappa shape index (κ3) is 1.27. The molecule has 0 saturated heterocycles. The predicted molar refractivity (Wildman–Crippen MR) is 47.0 cm³/mol. The number of methoxy groups -OCH3 is 2. The van der Waals surface area contributed by atoms with Crippen LogP contribution < -0.4 is 0 Å². The molecule has 0 aromatic rings. The fourth-order valence-electron chi connectivity index (χ4n) is 2.66. The van der Waals surface area contributed by atoms with Crippen LogP contribution >= 0.6 is 0 Å². The Bertz CT molecular complexity index is 140. The molecular weight excluding hydrogens is 152 g/mol. The lowest BCUT2D eigenvalue weighted by molar-refractivity contribution is -0.108. The van der Waals surface area contributed by atoms with Crippen molar-refractivity contribution < 1.29 is 9.47 Å². The second-order valence-corrected chi connectivity index (χ2v) is 4.12. The molecule has 0 amide bonds. The highest BCUT2D eigenvalue weighted by molar-refractivity contribution is 4.92. The van der Waals surface area contributed by atoms with E-state index in [0.717, 1.165) is 11.8 Å². The fourth-order valence-corrected chi connectivity index (χ4v) is 2.66. The zero-order valence-electron chi connectivity index (χ0n) is 7.95. The van der Waals surface area contributed by atoms with Gasteiger partial charge in [0.15, 0.2) is 0 Å². The van der Waals surface area contributed by atoms with E-state index in [4.69, 9.17) is 9.47 Å². The first-order valence-corrected chi connectivity index (χ1v) is 4.90. The molecule has 12 heavy (non-hydrogen) atoms. The number of hydrogen-bond acceptors (Lipinski definition) is 2. The second kappa shape index (κ2) is 3.35. The van der Waals surface area contributed by atoms with Gasteiger partial charge in [0.25, 0.3) is 0 Å². The molecule has 0 aromatic heterocycles. The summed E-state index contributed by atoms with van der Waals surface area (Å²) >= 11 is 0. The molecule has 2 aliphatic carbocycles. The third-order valence-corrected chi connectivity index (χ3v) is 3.67. The van der Waals surface area contributed by atoms with Gasteiger partial charge in [0.05, 0.1) is 12.2 Å². The van der Waals surface area contributed by atoms with Crippen LogP contribution in [0.3, 0.4) is 0 Å². The van der Waals surface area contributed by atoms with E-state index in [9.17, 15) is 0 Å². The van der Waals surface area contributed by atoms with Gasteiger partial charge in [-0.3, -0.25) is 0 Å². The quantitative estimate of drug-likeness (QED) is 0.629. The molecule has 0 radical (unpaired) electrons. The first-order chi connectivity index (χ1) is 5.85. The van der Waals surface area contributed by atoms with Crippen molar-refractivity contribution in [2.24, 2.45) is 11.8 Å². The van der Waals surface area contributed by atoms with Crippen molar-refractivity contribution in [3.05, 3.63) is 0 Å². The van der Waals surface area contributed by atoms with Crippen molar-refractivity contribution in [1.29, 1.82) is 0 Å². The number of hydrogen-bond donors (Lipinski definition) is 0. The SMILES string of the molecule is COC1CC2CCC2C[C@@H]1OC. The zero-order chi connectivity index (χ0) is 8.55. The molecule has 0 aliphatic heterocycles. The lowest BCUT2D eigenvalue weighted by Crippen LogP contribution is -2.45. The Morgan fingerprint density at radius 3 is 1.50 bits per heavy atom. The summed E-state index contributed by atoms with van der Waals surface area (Å²) in [6.07, 6.45) is 5.99. The van der Waals surface area contributed by atoms with Crippen LogP contribution in [-0.2, 0) is 9.47 Å². The van der Waals surface area contributed by atoms with Crippen LogP contribution in [-0.4, -0.2) is 26.4 Å². The molecule has 4 atom stereocenters. The summed E-state index contributed by atoms with van der Waals surface area (Å²) in [6, 6.07) is 0. The Hall–Kier alpha value is -0.0800. The molecule has 2 fully saturated rings.